The molecule has 4 heterocycles. The van der Waals surface area contributed by atoms with Gasteiger partial charge in [0.1, 0.15) is 0 Å². The molecule has 3 amide bonds. The summed E-state index contributed by atoms with van der Waals surface area (Å²) < 4.78 is 2.37. The van der Waals surface area contributed by atoms with E-state index in [0.717, 1.165) is 93.6 Å². The van der Waals surface area contributed by atoms with Gasteiger partial charge in [0.15, 0.2) is 11.5 Å². The first-order valence-electron chi connectivity index (χ1n) is 17.2. The van der Waals surface area contributed by atoms with Gasteiger partial charge in [-0.15, -0.1) is 10.2 Å². The Morgan fingerprint density at radius 1 is 0.957 bits per heavy atom. The molecule has 3 aliphatic rings. The maximum absolute atomic E-state index is 12.7. The molecule has 2 aliphatic heterocycles. The van der Waals surface area contributed by atoms with Crippen molar-refractivity contribution in [3.63, 3.8) is 0 Å². The van der Waals surface area contributed by atoms with E-state index in [4.69, 9.17) is 0 Å². The van der Waals surface area contributed by atoms with Crippen LogP contribution in [0.1, 0.15) is 80.7 Å². The number of likely N-dealkylation sites (tertiary alicyclic amines) is 1. The number of piperidine rings is 2. The molecular formula is C35H48N8O3. The van der Waals surface area contributed by atoms with Gasteiger partial charge in [-0.2, -0.15) is 0 Å². The van der Waals surface area contributed by atoms with Gasteiger partial charge in [-0.05, 0) is 74.8 Å². The van der Waals surface area contributed by atoms with Crippen LogP contribution < -0.4 is 20.4 Å². The van der Waals surface area contributed by atoms with Gasteiger partial charge in [-0.3, -0.25) is 14.4 Å². The van der Waals surface area contributed by atoms with Crippen molar-refractivity contribution in [3.8, 4) is 0 Å². The molecule has 0 radical (unpaired) electrons. The van der Waals surface area contributed by atoms with E-state index in [1.165, 1.54) is 25.7 Å². The average Bonchev–Trinajstić information content (AvgIpc) is 3.54. The lowest BCUT2D eigenvalue weighted by Crippen LogP contribution is -2.44. The molecule has 1 aliphatic carbocycles. The monoisotopic (exact) mass is 628 g/mol. The van der Waals surface area contributed by atoms with Crippen LogP contribution in [-0.2, 0) is 9.59 Å². The Balaban J connectivity index is 1.01. The van der Waals surface area contributed by atoms with E-state index in [1.54, 1.807) is 11.9 Å². The van der Waals surface area contributed by atoms with Gasteiger partial charge in [-0.25, -0.2) is 0 Å². The number of rotatable bonds is 11. The van der Waals surface area contributed by atoms with E-state index in [9.17, 15) is 14.4 Å². The fourth-order valence-electron chi connectivity index (χ4n) is 7.61. The molecule has 246 valence electrons. The minimum absolute atomic E-state index is 0.0812. The smallest absolute Gasteiger partial charge is 0.272 e. The Bertz CT molecular complexity index is 1480. The van der Waals surface area contributed by atoms with Crippen LogP contribution in [0.15, 0.2) is 42.6 Å². The summed E-state index contributed by atoms with van der Waals surface area (Å²) >= 11 is 0. The quantitative estimate of drug-likeness (QED) is 0.307. The molecule has 1 unspecified atom stereocenters. The van der Waals surface area contributed by atoms with E-state index < -0.39 is 0 Å². The number of amides is 3. The van der Waals surface area contributed by atoms with Crippen LogP contribution >= 0.6 is 0 Å². The second-order valence-corrected chi connectivity index (χ2v) is 13.2. The van der Waals surface area contributed by atoms with Crippen molar-refractivity contribution in [1.82, 2.24) is 30.3 Å². The maximum atomic E-state index is 12.7. The summed E-state index contributed by atoms with van der Waals surface area (Å²) in [6.45, 7) is 5.46. The normalized spacial score (nSPS) is 20.0. The van der Waals surface area contributed by atoms with E-state index in [1.807, 2.05) is 24.3 Å². The first-order valence-corrected chi connectivity index (χ1v) is 17.2. The van der Waals surface area contributed by atoms with Crippen molar-refractivity contribution in [3.05, 3.63) is 48.3 Å². The molecule has 1 atom stereocenters. The van der Waals surface area contributed by atoms with Gasteiger partial charge in [0.2, 0.25) is 12.3 Å². The summed E-state index contributed by atoms with van der Waals surface area (Å²) in [5.74, 6) is 1.24. The van der Waals surface area contributed by atoms with Crippen molar-refractivity contribution in [1.29, 1.82) is 0 Å². The van der Waals surface area contributed by atoms with Gasteiger partial charge in [0.05, 0.1) is 11.2 Å². The highest BCUT2D eigenvalue weighted by Gasteiger charge is 2.27. The molecule has 0 bridgehead atoms. The highest BCUT2D eigenvalue weighted by molar-refractivity contribution is 5.98. The van der Waals surface area contributed by atoms with E-state index in [-0.39, 0.29) is 24.3 Å². The number of nitrogens with zero attached hydrogens (tertiary/aromatic N) is 6. The lowest BCUT2D eigenvalue weighted by Gasteiger charge is -2.39. The number of aromatic nitrogens is 3. The number of hydrogen-bond acceptors (Lipinski definition) is 7. The van der Waals surface area contributed by atoms with Crippen LogP contribution in [0.25, 0.3) is 10.9 Å². The first kappa shape index (κ1) is 32.0. The Morgan fingerprint density at radius 3 is 2.52 bits per heavy atom. The van der Waals surface area contributed by atoms with E-state index in [0.29, 0.717) is 24.2 Å². The number of anilines is 2. The van der Waals surface area contributed by atoms with Crippen molar-refractivity contribution in [2.75, 3.05) is 56.1 Å². The summed E-state index contributed by atoms with van der Waals surface area (Å²) in [6.07, 6.45) is 13.5. The zero-order valence-electron chi connectivity index (χ0n) is 27.1. The molecule has 46 heavy (non-hydrogen) atoms. The molecule has 11 heteroatoms. The summed E-state index contributed by atoms with van der Waals surface area (Å²) in [7, 11) is 1.61. The Kier molecular flexibility index (Phi) is 10.5. The highest BCUT2D eigenvalue weighted by Crippen LogP contribution is 2.33. The molecule has 11 nitrogen and oxygen atoms in total. The molecule has 3 fully saturated rings. The second-order valence-electron chi connectivity index (χ2n) is 13.2. The number of carbonyl (C=O) groups is 3. The van der Waals surface area contributed by atoms with Crippen LogP contribution in [0.3, 0.4) is 0 Å². The van der Waals surface area contributed by atoms with Crippen LogP contribution in [-0.4, -0.2) is 90.2 Å². The fraction of sp³-hybridized carbons (Fsp3) is 0.571. The average molecular weight is 629 g/mol. The summed E-state index contributed by atoms with van der Waals surface area (Å²) in [6, 6.07) is 12.6. The predicted molar refractivity (Wildman–Crippen MR) is 180 cm³/mol. The standard InChI is InChI=1S/C35H48N8O3/c1-36-34(45)17-21-42(25-44)31-10-5-11-32-29(31)16-22-43(32)28-14-19-40(20-15-28)23-26-7-6-18-41(24-26)33-13-12-30(38-39-33)35(46)37-27-8-3-2-4-9-27/h5,10-13,16,22,25-28H,2-4,6-9,14-15,17-21,23-24H2,1H3,(H,36,45)(H,37,46). The van der Waals surface area contributed by atoms with Crippen LogP contribution in [0.2, 0.25) is 0 Å². The number of hydrogen-bond donors (Lipinski definition) is 2. The zero-order chi connectivity index (χ0) is 31.9. The van der Waals surface area contributed by atoms with E-state index >= 15 is 0 Å². The number of fused-ring (bicyclic) bond motifs is 1. The van der Waals surface area contributed by atoms with Crippen molar-refractivity contribution in [2.24, 2.45) is 5.92 Å². The SMILES string of the molecule is CNC(=O)CCN(C=O)c1cccc2c1ccn2C1CCN(CC2CCCN(c3ccc(C(=O)NC4CCCCC4)nn3)C2)CC1. The molecule has 2 N–H and O–H groups in total. The minimum Gasteiger partial charge on any atom is -0.359 e. The summed E-state index contributed by atoms with van der Waals surface area (Å²) in [5, 5.41) is 15.6. The van der Waals surface area contributed by atoms with Crippen LogP contribution in [0.4, 0.5) is 11.5 Å². The first-order chi connectivity index (χ1) is 22.5. The van der Waals surface area contributed by atoms with Gasteiger partial charge >= 0.3 is 0 Å². The van der Waals surface area contributed by atoms with Crippen molar-refractivity contribution >= 4 is 40.6 Å². The van der Waals surface area contributed by atoms with Crippen molar-refractivity contribution in [2.45, 2.75) is 76.3 Å². The Labute approximate surface area is 271 Å². The maximum Gasteiger partial charge on any atom is 0.272 e. The van der Waals surface area contributed by atoms with Gasteiger partial charge in [0, 0.05) is 76.4 Å². The third-order valence-electron chi connectivity index (χ3n) is 10.2. The lowest BCUT2D eigenvalue weighted by atomic mass is 9.95. The summed E-state index contributed by atoms with van der Waals surface area (Å²) in [5.41, 5.74) is 2.38. The lowest BCUT2D eigenvalue weighted by molar-refractivity contribution is -0.120. The minimum atomic E-state index is -0.111. The largest absolute Gasteiger partial charge is 0.359 e. The molecule has 3 aromatic rings. The second kappa shape index (κ2) is 15.1. The Hall–Kier alpha value is -3.99. The number of nitrogens with one attached hydrogen (secondary N) is 2. The Morgan fingerprint density at radius 2 is 1.78 bits per heavy atom. The molecule has 1 saturated carbocycles. The highest BCUT2D eigenvalue weighted by atomic mass is 16.2. The predicted octanol–water partition coefficient (Wildman–Crippen LogP) is 4.15. The molecule has 2 saturated heterocycles. The molecular weight excluding hydrogens is 580 g/mol. The third kappa shape index (κ3) is 7.52. The van der Waals surface area contributed by atoms with Gasteiger partial charge in [0.25, 0.3) is 5.91 Å². The van der Waals surface area contributed by atoms with E-state index in [2.05, 4.69) is 53.5 Å². The van der Waals surface area contributed by atoms with Gasteiger partial charge < -0.3 is 29.9 Å². The summed E-state index contributed by atoms with van der Waals surface area (Å²) in [4.78, 5) is 42.9. The molecule has 0 spiro atoms. The molecule has 6 rings (SSSR count). The molecule has 2 aromatic heterocycles. The van der Waals surface area contributed by atoms with Gasteiger partial charge in [-0.1, -0.05) is 25.3 Å². The number of benzene rings is 1. The topological polar surface area (TPSA) is 116 Å². The third-order valence-corrected chi connectivity index (χ3v) is 10.2. The zero-order valence-corrected chi connectivity index (χ0v) is 27.1. The van der Waals surface area contributed by atoms with Crippen LogP contribution in [0, 0.1) is 5.92 Å². The fourth-order valence-corrected chi connectivity index (χ4v) is 7.61. The molecule has 1 aromatic carbocycles. The van der Waals surface area contributed by atoms with Crippen molar-refractivity contribution < 1.29 is 14.4 Å². The van der Waals surface area contributed by atoms with Crippen LogP contribution in [0.5, 0.6) is 0 Å². The number of carbonyl (C=O) groups excluding carboxylic acids is 3.